The van der Waals surface area contributed by atoms with E-state index >= 15 is 0 Å². The Hall–Kier alpha value is -0.830. The molecule has 3 rings (SSSR count). The fourth-order valence-electron chi connectivity index (χ4n) is 2.68. The van der Waals surface area contributed by atoms with Crippen molar-refractivity contribution in [3.63, 3.8) is 0 Å². The van der Waals surface area contributed by atoms with Crippen LogP contribution in [0.2, 0.25) is 0 Å². The summed E-state index contributed by atoms with van der Waals surface area (Å²) in [6.07, 6.45) is 8.52. The highest BCUT2D eigenvalue weighted by molar-refractivity contribution is 5.11. The Labute approximate surface area is 90.5 Å². The first-order valence-corrected chi connectivity index (χ1v) is 6.04. The van der Waals surface area contributed by atoms with Gasteiger partial charge < -0.3 is 9.30 Å². The van der Waals surface area contributed by atoms with Crippen LogP contribution in [-0.4, -0.2) is 16.2 Å². The van der Waals surface area contributed by atoms with Gasteiger partial charge in [-0.05, 0) is 32.6 Å². The summed E-state index contributed by atoms with van der Waals surface area (Å²) in [6, 6.07) is 0.622. The van der Waals surface area contributed by atoms with Crippen LogP contribution >= 0.6 is 0 Å². The molecule has 0 N–H and O–H groups in total. The molecule has 15 heavy (non-hydrogen) atoms. The van der Waals surface area contributed by atoms with Crippen molar-refractivity contribution in [2.24, 2.45) is 0 Å². The Morgan fingerprint density at radius 3 is 3.07 bits per heavy atom. The highest BCUT2D eigenvalue weighted by Crippen LogP contribution is 2.31. The van der Waals surface area contributed by atoms with Gasteiger partial charge in [-0.15, -0.1) is 0 Å². The molecule has 0 amide bonds. The maximum atomic E-state index is 5.68. The van der Waals surface area contributed by atoms with E-state index in [4.69, 9.17) is 9.72 Å². The van der Waals surface area contributed by atoms with Crippen LogP contribution in [0.1, 0.15) is 56.3 Å². The fourth-order valence-corrected chi connectivity index (χ4v) is 2.68. The molecule has 2 aliphatic rings. The molecule has 1 aromatic heterocycles. The second-order valence-electron chi connectivity index (χ2n) is 4.73. The van der Waals surface area contributed by atoms with Crippen molar-refractivity contribution < 1.29 is 4.74 Å². The van der Waals surface area contributed by atoms with Crippen LogP contribution in [0.15, 0.2) is 6.20 Å². The summed E-state index contributed by atoms with van der Waals surface area (Å²) in [5.41, 5.74) is 1.16. The Kier molecular flexibility index (Phi) is 2.28. The van der Waals surface area contributed by atoms with Crippen molar-refractivity contribution in [1.82, 2.24) is 9.55 Å². The van der Waals surface area contributed by atoms with Gasteiger partial charge >= 0.3 is 0 Å². The molecule has 0 saturated carbocycles. The molecule has 82 valence electrons. The Bertz CT molecular complexity index is 353. The summed E-state index contributed by atoms with van der Waals surface area (Å²) in [5.74, 6) is 1.26. The molecular weight excluding hydrogens is 188 g/mol. The van der Waals surface area contributed by atoms with E-state index in [9.17, 15) is 0 Å². The van der Waals surface area contributed by atoms with Crippen molar-refractivity contribution in [3.8, 4) is 0 Å². The lowest BCUT2D eigenvalue weighted by atomic mass is 10.1. The van der Waals surface area contributed by atoms with Gasteiger partial charge in [-0.25, -0.2) is 4.98 Å². The van der Waals surface area contributed by atoms with Crippen molar-refractivity contribution >= 4 is 0 Å². The fraction of sp³-hybridized carbons (Fsp3) is 0.750. The second kappa shape index (κ2) is 3.63. The maximum Gasteiger partial charge on any atom is 0.109 e. The number of fused-ring (bicyclic) bond motifs is 1. The van der Waals surface area contributed by atoms with Crippen LogP contribution in [0, 0.1) is 0 Å². The number of imidazole rings is 1. The van der Waals surface area contributed by atoms with Crippen molar-refractivity contribution in [2.45, 2.75) is 51.2 Å². The van der Waals surface area contributed by atoms with E-state index in [-0.39, 0.29) is 6.10 Å². The van der Waals surface area contributed by atoms with Gasteiger partial charge in [0.05, 0.1) is 5.69 Å². The van der Waals surface area contributed by atoms with Crippen molar-refractivity contribution in [1.29, 1.82) is 0 Å². The predicted molar refractivity (Wildman–Crippen MR) is 57.8 cm³/mol. The molecule has 2 unspecified atom stereocenters. The molecule has 3 heteroatoms. The zero-order valence-corrected chi connectivity index (χ0v) is 9.28. The van der Waals surface area contributed by atoms with E-state index in [1.165, 1.54) is 25.1 Å². The highest BCUT2D eigenvalue weighted by atomic mass is 16.5. The molecule has 1 saturated heterocycles. The van der Waals surface area contributed by atoms with Gasteiger partial charge in [0, 0.05) is 25.3 Å². The number of hydrogen-bond donors (Lipinski definition) is 0. The summed E-state index contributed by atoms with van der Waals surface area (Å²) in [4.78, 5) is 4.72. The molecule has 3 nitrogen and oxygen atoms in total. The van der Waals surface area contributed by atoms with Crippen molar-refractivity contribution in [3.05, 3.63) is 17.7 Å². The zero-order chi connectivity index (χ0) is 10.3. The normalized spacial score (nSPS) is 30.5. The van der Waals surface area contributed by atoms with E-state index < -0.39 is 0 Å². The van der Waals surface area contributed by atoms with E-state index in [2.05, 4.69) is 17.7 Å². The first kappa shape index (κ1) is 9.40. The van der Waals surface area contributed by atoms with Gasteiger partial charge in [0.2, 0.25) is 0 Å². The molecule has 2 aliphatic heterocycles. The topological polar surface area (TPSA) is 27.1 Å². The van der Waals surface area contributed by atoms with Gasteiger partial charge in [-0.2, -0.15) is 0 Å². The average Bonchev–Trinajstić information content (AvgIpc) is 2.86. The van der Waals surface area contributed by atoms with E-state index in [1.807, 2.05) is 0 Å². The number of rotatable bonds is 1. The summed E-state index contributed by atoms with van der Waals surface area (Å²) >= 11 is 0. The zero-order valence-electron chi connectivity index (χ0n) is 9.28. The SMILES string of the molecule is CC1CCCc2nc(C3CCCO3)cn21. The third-order valence-electron chi connectivity index (χ3n) is 3.58. The van der Waals surface area contributed by atoms with Crippen LogP contribution in [0.5, 0.6) is 0 Å². The standard InChI is InChI=1S/C12H18N2O/c1-9-4-2-6-12-13-10(8-14(9)12)11-5-3-7-15-11/h8-9,11H,2-7H2,1H3. The average molecular weight is 206 g/mol. The van der Waals surface area contributed by atoms with Gasteiger partial charge in [0.1, 0.15) is 11.9 Å². The van der Waals surface area contributed by atoms with Gasteiger partial charge in [-0.1, -0.05) is 0 Å². The minimum absolute atomic E-state index is 0.273. The quantitative estimate of drug-likeness (QED) is 0.706. The molecule has 0 radical (unpaired) electrons. The highest BCUT2D eigenvalue weighted by Gasteiger charge is 2.24. The smallest absolute Gasteiger partial charge is 0.109 e. The Morgan fingerprint density at radius 1 is 1.40 bits per heavy atom. The van der Waals surface area contributed by atoms with Crippen LogP contribution in [-0.2, 0) is 11.2 Å². The van der Waals surface area contributed by atoms with E-state index in [0.29, 0.717) is 6.04 Å². The first-order chi connectivity index (χ1) is 7.34. The lowest BCUT2D eigenvalue weighted by Gasteiger charge is -2.20. The Balaban J connectivity index is 1.90. The number of aryl methyl sites for hydroxylation is 1. The Morgan fingerprint density at radius 2 is 2.33 bits per heavy atom. The molecular formula is C12H18N2O. The third-order valence-corrected chi connectivity index (χ3v) is 3.58. The van der Waals surface area contributed by atoms with E-state index in [1.54, 1.807) is 0 Å². The van der Waals surface area contributed by atoms with Crippen molar-refractivity contribution in [2.75, 3.05) is 6.61 Å². The van der Waals surface area contributed by atoms with Gasteiger partial charge in [-0.3, -0.25) is 0 Å². The lowest BCUT2D eigenvalue weighted by Crippen LogP contribution is -2.14. The van der Waals surface area contributed by atoms with Crippen LogP contribution < -0.4 is 0 Å². The molecule has 2 atom stereocenters. The lowest BCUT2D eigenvalue weighted by molar-refractivity contribution is 0.109. The summed E-state index contributed by atoms with van der Waals surface area (Å²) < 4.78 is 8.02. The first-order valence-electron chi connectivity index (χ1n) is 6.04. The number of hydrogen-bond acceptors (Lipinski definition) is 2. The molecule has 1 fully saturated rings. The minimum atomic E-state index is 0.273. The summed E-state index contributed by atoms with van der Waals surface area (Å²) in [7, 11) is 0. The molecule has 0 aromatic carbocycles. The molecule has 0 spiro atoms. The molecule has 3 heterocycles. The minimum Gasteiger partial charge on any atom is -0.372 e. The van der Waals surface area contributed by atoms with E-state index in [0.717, 1.165) is 25.1 Å². The maximum absolute atomic E-state index is 5.68. The third kappa shape index (κ3) is 1.59. The second-order valence-corrected chi connectivity index (χ2v) is 4.73. The largest absolute Gasteiger partial charge is 0.372 e. The van der Waals surface area contributed by atoms with Crippen LogP contribution in [0.25, 0.3) is 0 Å². The molecule has 0 aliphatic carbocycles. The van der Waals surface area contributed by atoms with Gasteiger partial charge in [0.25, 0.3) is 0 Å². The van der Waals surface area contributed by atoms with Gasteiger partial charge in [0.15, 0.2) is 0 Å². The van der Waals surface area contributed by atoms with Crippen LogP contribution in [0.3, 0.4) is 0 Å². The summed E-state index contributed by atoms with van der Waals surface area (Å²) in [5, 5.41) is 0. The monoisotopic (exact) mass is 206 g/mol. The molecule has 1 aromatic rings. The number of ether oxygens (including phenoxy) is 1. The molecule has 0 bridgehead atoms. The predicted octanol–water partition coefficient (Wildman–Crippen LogP) is 2.63. The number of aromatic nitrogens is 2. The van der Waals surface area contributed by atoms with Crippen LogP contribution in [0.4, 0.5) is 0 Å². The number of nitrogens with zero attached hydrogens (tertiary/aromatic N) is 2. The summed E-state index contributed by atoms with van der Waals surface area (Å²) in [6.45, 7) is 3.19.